The average Bonchev–Trinajstić information content (AvgIpc) is 2.72. The molecule has 0 saturated carbocycles. The van der Waals surface area contributed by atoms with Gasteiger partial charge in [-0.2, -0.15) is 0 Å². The Bertz CT molecular complexity index is 682. The number of halogens is 3. The van der Waals surface area contributed by atoms with Gasteiger partial charge in [-0.1, -0.05) is 29.9 Å². The van der Waals surface area contributed by atoms with Crippen LogP contribution in [0.1, 0.15) is 25.6 Å². The van der Waals surface area contributed by atoms with Crippen LogP contribution >= 0.6 is 59.1 Å². The molecule has 0 saturated heterocycles. The summed E-state index contributed by atoms with van der Waals surface area (Å²) in [6.45, 7) is 6.07. The molecule has 0 spiro atoms. The summed E-state index contributed by atoms with van der Waals surface area (Å²) in [5.74, 6) is -0.311. The fraction of sp³-hybridized carbons (Fsp3) is 0.235. The highest BCUT2D eigenvalue weighted by Crippen LogP contribution is 2.41. The van der Waals surface area contributed by atoms with Gasteiger partial charge in [0.15, 0.2) is 0 Å². The maximum absolute atomic E-state index is 11.3. The van der Waals surface area contributed by atoms with Crippen LogP contribution in [0.5, 0.6) is 0 Å². The van der Waals surface area contributed by atoms with Crippen molar-refractivity contribution in [3.05, 3.63) is 59.1 Å². The first-order chi connectivity index (χ1) is 10.8. The lowest BCUT2D eigenvalue weighted by atomic mass is 10.2. The van der Waals surface area contributed by atoms with Crippen molar-refractivity contribution in [1.29, 1.82) is 0 Å². The van der Waals surface area contributed by atoms with Crippen molar-refractivity contribution in [3.8, 4) is 0 Å². The summed E-state index contributed by atoms with van der Waals surface area (Å²) in [5, 5.41) is 0. The molecule has 0 amide bonds. The van der Waals surface area contributed by atoms with Crippen LogP contribution in [0.3, 0.4) is 0 Å². The topological polar surface area (TPSA) is 26.3 Å². The Morgan fingerprint density at radius 1 is 1.13 bits per heavy atom. The molecular weight excluding hydrogens is 508 g/mol. The van der Waals surface area contributed by atoms with Gasteiger partial charge in [-0.05, 0) is 80.2 Å². The molecule has 1 aromatic heterocycles. The van der Waals surface area contributed by atoms with E-state index in [0.717, 1.165) is 28.8 Å². The molecule has 0 bridgehead atoms. The largest absolute Gasteiger partial charge is 0.463 e. The number of rotatable bonds is 6. The summed E-state index contributed by atoms with van der Waals surface area (Å²) in [4.78, 5) is 12.4. The lowest BCUT2D eigenvalue weighted by molar-refractivity contribution is -0.137. The van der Waals surface area contributed by atoms with Crippen molar-refractivity contribution in [2.45, 2.75) is 20.8 Å². The number of carbonyl (C=O) groups excluding carboxylic acids is 1. The van der Waals surface area contributed by atoms with Gasteiger partial charge >= 0.3 is 5.97 Å². The predicted octanol–water partition coefficient (Wildman–Crippen LogP) is 7.06. The van der Waals surface area contributed by atoms with Crippen LogP contribution in [-0.4, -0.2) is 12.6 Å². The highest BCUT2D eigenvalue weighted by Gasteiger charge is 2.09. The Morgan fingerprint density at radius 2 is 1.83 bits per heavy atom. The van der Waals surface area contributed by atoms with Crippen LogP contribution in [0.25, 0.3) is 6.08 Å². The van der Waals surface area contributed by atoms with E-state index in [1.807, 2.05) is 38.2 Å². The molecule has 0 unspecified atom stereocenters. The van der Waals surface area contributed by atoms with E-state index in [9.17, 15) is 4.79 Å². The molecule has 0 aliphatic carbocycles. The van der Waals surface area contributed by atoms with Gasteiger partial charge in [0.2, 0.25) is 0 Å². The van der Waals surface area contributed by atoms with E-state index < -0.39 is 0 Å². The number of hydrogen-bond donors (Lipinski definition) is 0. The number of hydrogen-bond acceptors (Lipinski definition) is 3. The molecule has 1 aromatic rings. The number of thiophene rings is 1. The Balaban J connectivity index is 2.70. The molecule has 0 fully saturated rings. The molecular formula is C17H17Br3O2S. The summed E-state index contributed by atoms with van der Waals surface area (Å²) in [5.41, 5.74) is 1.96. The predicted molar refractivity (Wildman–Crippen MR) is 110 cm³/mol. The van der Waals surface area contributed by atoms with E-state index >= 15 is 0 Å². The molecule has 23 heavy (non-hydrogen) atoms. The Hall–Kier alpha value is -0.430. The summed E-state index contributed by atoms with van der Waals surface area (Å²) in [6, 6.07) is 0. The van der Waals surface area contributed by atoms with Gasteiger partial charge in [-0.25, -0.2) is 4.79 Å². The van der Waals surface area contributed by atoms with Crippen LogP contribution in [0.4, 0.5) is 0 Å². The minimum Gasteiger partial charge on any atom is -0.463 e. The van der Waals surface area contributed by atoms with Gasteiger partial charge in [-0.3, -0.25) is 0 Å². The highest BCUT2D eigenvalue weighted by molar-refractivity contribution is 9.14. The monoisotopic (exact) mass is 522 g/mol. The van der Waals surface area contributed by atoms with Crippen LogP contribution in [-0.2, 0) is 9.53 Å². The molecule has 1 heterocycles. The first kappa shape index (κ1) is 20.6. The zero-order valence-electron chi connectivity index (χ0n) is 13.0. The molecule has 0 aliphatic heterocycles. The van der Waals surface area contributed by atoms with Gasteiger partial charge in [0.1, 0.15) is 0 Å². The first-order valence-corrected chi connectivity index (χ1v) is 10.1. The normalized spacial score (nSPS) is 13.3. The molecule has 124 valence electrons. The third-order valence-electron chi connectivity index (χ3n) is 2.63. The molecule has 0 radical (unpaired) electrons. The Kier molecular flexibility index (Phi) is 9.36. The van der Waals surface area contributed by atoms with E-state index in [1.165, 1.54) is 6.08 Å². The summed E-state index contributed by atoms with van der Waals surface area (Å²) in [7, 11) is 0. The van der Waals surface area contributed by atoms with Gasteiger partial charge < -0.3 is 4.74 Å². The summed E-state index contributed by atoms with van der Waals surface area (Å²) >= 11 is 12.2. The number of carbonyl (C=O) groups is 1. The van der Waals surface area contributed by atoms with Crippen molar-refractivity contribution in [2.75, 3.05) is 6.61 Å². The molecule has 2 nitrogen and oxygen atoms in total. The zero-order valence-corrected chi connectivity index (χ0v) is 18.6. The van der Waals surface area contributed by atoms with E-state index in [0.29, 0.717) is 6.61 Å². The smallest absolute Gasteiger partial charge is 0.330 e. The Labute approximate surface area is 166 Å². The minimum atomic E-state index is -0.311. The number of esters is 1. The molecule has 0 N–H and O–H groups in total. The van der Waals surface area contributed by atoms with Gasteiger partial charge in [-0.15, -0.1) is 11.3 Å². The number of ether oxygens (including phenoxy) is 1. The van der Waals surface area contributed by atoms with E-state index in [-0.39, 0.29) is 5.97 Å². The second-order valence-corrected chi connectivity index (χ2v) is 8.57. The second kappa shape index (κ2) is 10.4. The van der Waals surface area contributed by atoms with Crippen molar-refractivity contribution < 1.29 is 9.53 Å². The zero-order chi connectivity index (χ0) is 17.4. The van der Waals surface area contributed by atoms with Crippen molar-refractivity contribution in [1.82, 2.24) is 0 Å². The number of allylic oxidation sites excluding steroid dienone is 6. The second-order valence-electron chi connectivity index (χ2n) is 4.61. The molecule has 0 atom stereocenters. The van der Waals surface area contributed by atoms with Crippen LogP contribution in [0.15, 0.2) is 54.3 Å². The maximum atomic E-state index is 11.3. The van der Waals surface area contributed by atoms with Crippen molar-refractivity contribution >= 4 is 71.2 Å². The van der Waals surface area contributed by atoms with Crippen molar-refractivity contribution in [2.24, 2.45) is 0 Å². The van der Waals surface area contributed by atoms with E-state index in [1.54, 1.807) is 18.3 Å². The van der Waals surface area contributed by atoms with Gasteiger partial charge in [0.05, 0.1) is 19.3 Å². The van der Waals surface area contributed by atoms with Crippen molar-refractivity contribution in [3.63, 3.8) is 0 Å². The fourth-order valence-electron chi connectivity index (χ4n) is 1.52. The minimum absolute atomic E-state index is 0.311. The van der Waals surface area contributed by atoms with Crippen LogP contribution in [0.2, 0.25) is 0 Å². The van der Waals surface area contributed by atoms with E-state index in [4.69, 9.17) is 4.74 Å². The molecule has 0 aliphatic rings. The highest BCUT2D eigenvalue weighted by atomic mass is 79.9. The maximum Gasteiger partial charge on any atom is 0.330 e. The van der Waals surface area contributed by atoms with Crippen LogP contribution < -0.4 is 0 Å². The average molecular weight is 525 g/mol. The summed E-state index contributed by atoms with van der Waals surface area (Å²) in [6.07, 6.45) is 11.4. The van der Waals surface area contributed by atoms with Gasteiger partial charge in [0.25, 0.3) is 0 Å². The van der Waals surface area contributed by atoms with Crippen LogP contribution in [0, 0.1) is 0 Å². The fourth-order valence-corrected chi connectivity index (χ4v) is 4.51. The van der Waals surface area contributed by atoms with E-state index in [2.05, 4.69) is 53.9 Å². The SMILES string of the molecule is CCOC(=O)/C=C(C)/C=C/C=C(C)/C=C/c1sc(Br)c(Br)c1Br. The first-order valence-electron chi connectivity index (χ1n) is 6.86. The standard InChI is InChI=1S/C17H17Br3O2S/c1-4-22-14(21)10-12(3)7-5-6-11(2)8-9-13-15(18)16(19)17(20)23-13/h5-10H,4H2,1-3H3/b7-5+,9-8+,11-6+,12-10+. The molecule has 1 rings (SSSR count). The molecule has 6 heteroatoms. The quantitative estimate of drug-likeness (QED) is 0.226. The third kappa shape index (κ3) is 7.33. The molecule has 0 aromatic carbocycles. The lowest BCUT2D eigenvalue weighted by Crippen LogP contribution is -1.99. The third-order valence-corrected chi connectivity index (χ3v) is 7.66. The Morgan fingerprint density at radius 3 is 2.39 bits per heavy atom. The summed E-state index contributed by atoms with van der Waals surface area (Å²) < 4.78 is 8.00. The lowest BCUT2D eigenvalue weighted by Gasteiger charge is -1.96. The van der Waals surface area contributed by atoms with Gasteiger partial charge in [0, 0.05) is 11.0 Å².